The van der Waals surface area contributed by atoms with Gasteiger partial charge in [-0.1, -0.05) is 54.7 Å². The maximum absolute atomic E-state index is 12.5. The molecule has 3 nitrogen and oxygen atoms in total. The molecule has 3 N–H and O–H groups in total. The minimum Gasteiger partial charge on any atom is -0.391 e. The van der Waals surface area contributed by atoms with Crippen molar-refractivity contribution < 1.29 is 4.79 Å². The van der Waals surface area contributed by atoms with Crippen LogP contribution in [0.5, 0.6) is 0 Å². The lowest BCUT2D eigenvalue weighted by atomic mass is 10.1. The molecular weight excluding hydrogens is 300 g/mol. The molecule has 5 heteroatoms. The van der Waals surface area contributed by atoms with E-state index in [0.29, 0.717) is 5.56 Å². The van der Waals surface area contributed by atoms with E-state index in [-0.39, 0.29) is 10.9 Å². The highest BCUT2D eigenvalue weighted by atomic mass is 32.2. The summed E-state index contributed by atoms with van der Waals surface area (Å²) >= 11 is 6.62. The zero-order chi connectivity index (χ0) is 15.2. The molecule has 0 radical (unpaired) electrons. The molecule has 0 saturated heterocycles. The van der Waals surface area contributed by atoms with Crippen molar-refractivity contribution in [3.05, 3.63) is 65.7 Å². The lowest BCUT2D eigenvalue weighted by Gasteiger charge is -2.18. The summed E-state index contributed by atoms with van der Waals surface area (Å²) in [5, 5.41) is 2.91. The minimum absolute atomic E-state index is 0.179. The smallest absolute Gasteiger partial charge is 0.253 e. The molecule has 0 aliphatic heterocycles. The number of rotatable bonds is 5. The third-order valence-electron chi connectivity index (χ3n) is 3.04. The molecule has 0 fully saturated rings. The summed E-state index contributed by atoms with van der Waals surface area (Å²) in [6, 6.07) is 16.5. The first-order valence-electron chi connectivity index (χ1n) is 6.41. The second-order valence-corrected chi connectivity index (χ2v) is 5.74. The number of thioether (sulfide) groups is 1. The average molecular weight is 316 g/mol. The average Bonchev–Trinajstić information content (AvgIpc) is 2.52. The van der Waals surface area contributed by atoms with Crippen LogP contribution in [0.4, 0.5) is 0 Å². The van der Waals surface area contributed by atoms with E-state index in [9.17, 15) is 4.79 Å². The summed E-state index contributed by atoms with van der Waals surface area (Å²) in [4.78, 5) is 13.6. The highest BCUT2D eigenvalue weighted by Gasteiger charge is 2.19. The molecule has 0 spiro atoms. The summed E-state index contributed by atoms with van der Waals surface area (Å²) in [6.45, 7) is 0. The van der Waals surface area contributed by atoms with Crippen molar-refractivity contribution in [1.29, 1.82) is 0 Å². The number of hydrogen-bond donors (Lipinski definition) is 2. The number of carbonyl (C=O) groups excluding carboxylic acids is 1. The Labute approximate surface area is 133 Å². The zero-order valence-corrected chi connectivity index (χ0v) is 13.2. The van der Waals surface area contributed by atoms with Gasteiger partial charge in [-0.15, -0.1) is 11.8 Å². The number of carbonyl (C=O) groups is 1. The number of nitrogens with one attached hydrogen (secondary N) is 1. The first-order chi connectivity index (χ1) is 10.1. The van der Waals surface area contributed by atoms with Gasteiger partial charge in [-0.3, -0.25) is 4.79 Å². The summed E-state index contributed by atoms with van der Waals surface area (Å²) in [5.41, 5.74) is 7.28. The number of amides is 1. The van der Waals surface area contributed by atoms with E-state index in [4.69, 9.17) is 18.0 Å². The number of nitrogens with two attached hydrogens (primary N) is 1. The molecule has 0 heterocycles. The lowest BCUT2D eigenvalue weighted by Crippen LogP contribution is -2.36. The second-order valence-electron chi connectivity index (χ2n) is 4.42. The monoisotopic (exact) mass is 316 g/mol. The van der Waals surface area contributed by atoms with Gasteiger partial charge in [-0.25, -0.2) is 0 Å². The van der Waals surface area contributed by atoms with E-state index in [1.165, 1.54) is 11.8 Å². The van der Waals surface area contributed by atoms with Crippen LogP contribution in [0, 0.1) is 0 Å². The Bertz CT molecular complexity index is 644. The Kier molecular flexibility index (Phi) is 5.36. The lowest BCUT2D eigenvalue weighted by molar-refractivity contribution is 0.0944. The van der Waals surface area contributed by atoms with Crippen molar-refractivity contribution in [2.24, 2.45) is 5.73 Å². The molecule has 2 aromatic rings. The fraction of sp³-hybridized carbons (Fsp3) is 0.125. The molecule has 21 heavy (non-hydrogen) atoms. The van der Waals surface area contributed by atoms with Crippen LogP contribution in [0.3, 0.4) is 0 Å². The van der Waals surface area contributed by atoms with E-state index in [2.05, 4.69) is 5.32 Å². The number of hydrogen-bond acceptors (Lipinski definition) is 3. The molecule has 2 aromatic carbocycles. The molecule has 0 aromatic heterocycles. The molecule has 1 atom stereocenters. The van der Waals surface area contributed by atoms with Gasteiger partial charge in [-0.2, -0.15) is 0 Å². The van der Waals surface area contributed by atoms with Crippen LogP contribution in [0.15, 0.2) is 59.5 Å². The van der Waals surface area contributed by atoms with Crippen molar-refractivity contribution >= 4 is 34.9 Å². The van der Waals surface area contributed by atoms with Crippen LogP contribution in [0.25, 0.3) is 0 Å². The van der Waals surface area contributed by atoms with Gasteiger partial charge in [0.2, 0.25) is 0 Å². The summed E-state index contributed by atoms with van der Waals surface area (Å²) < 4.78 is 0. The summed E-state index contributed by atoms with van der Waals surface area (Å²) in [7, 11) is 0. The van der Waals surface area contributed by atoms with Crippen LogP contribution in [0.2, 0.25) is 0 Å². The Balaban J connectivity index is 2.25. The number of benzene rings is 2. The summed E-state index contributed by atoms with van der Waals surface area (Å²) in [5.74, 6) is -0.179. The zero-order valence-electron chi connectivity index (χ0n) is 11.6. The van der Waals surface area contributed by atoms with Crippen LogP contribution in [-0.4, -0.2) is 17.2 Å². The van der Waals surface area contributed by atoms with Gasteiger partial charge in [0.15, 0.2) is 0 Å². The predicted molar refractivity (Wildman–Crippen MR) is 91.7 cm³/mol. The molecular formula is C16H16N2OS2. The Morgan fingerprint density at radius 3 is 2.38 bits per heavy atom. The Hall–Kier alpha value is -1.85. The quantitative estimate of drug-likeness (QED) is 0.657. The van der Waals surface area contributed by atoms with Crippen molar-refractivity contribution in [1.82, 2.24) is 5.32 Å². The molecule has 0 aliphatic rings. The largest absolute Gasteiger partial charge is 0.391 e. The van der Waals surface area contributed by atoms with Crippen LogP contribution >= 0.6 is 24.0 Å². The van der Waals surface area contributed by atoms with Gasteiger partial charge in [-0.05, 0) is 24.0 Å². The van der Waals surface area contributed by atoms with Gasteiger partial charge in [0.05, 0.1) is 5.56 Å². The first kappa shape index (κ1) is 15.5. The molecule has 0 saturated carbocycles. The SMILES string of the molecule is CSc1ccccc1C(=O)NC(C(N)=S)c1ccccc1. The Morgan fingerprint density at radius 1 is 1.14 bits per heavy atom. The molecule has 1 unspecified atom stereocenters. The normalized spacial score (nSPS) is 11.7. The van der Waals surface area contributed by atoms with Crippen LogP contribution < -0.4 is 11.1 Å². The standard InChI is InChI=1S/C16H16N2OS2/c1-21-13-10-6-5-9-12(13)16(19)18-14(15(17)20)11-7-3-2-4-8-11/h2-10,14H,1H3,(H2,17,20)(H,18,19). The van der Waals surface area contributed by atoms with E-state index in [1.807, 2.05) is 54.8 Å². The van der Waals surface area contributed by atoms with E-state index >= 15 is 0 Å². The fourth-order valence-corrected chi connectivity index (χ4v) is 2.80. The van der Waals surface area contributed by atoms with Crippen molar-refractivity contribution in [2.45, 2.75) is 10.9 Å². The number of thiocarbonyl (C=S) groups is 1. The summed E-state index contributed by atoms with van der Waals surface area (Å²) in [6.07, 6.45) is 1.94. The molecule has 108 valence electrons. The van der Waals surface area contributed by atoms with Gasteiger partial charge in [0.25, 0.3) is 5.91 Å². The highest BCUT2D eigenvalue weighted by Crippen LogP contribution is 2.21. The third kappa shape index (κ3) is 3.83. The molecule has 2 rings (SSSR count). The fourth-order valence-electron chi connectivity index (χ4n) is 2.01. The third-order valence-corrected chi connectivity index (χ3v) is 4.08. The molecule has 0 bridgehead atoms. The minimum atomic E-state index is -0.469. The van der Waals surface area contributed by atoms with E-state index in [1.54, 1.807) is 6.07 Å². The predicted octanol–water partition coefficient (Wildman–Crippen LogP) is 3.17. The van der Waals surface area contributed by atoms with Gasteiger partial charge in [0.1, 0.15) is 11.0 Å². The maximum Gasteiger partial charge on any atom is 0.253 e. The van der Waals surface area contributed by atoms with Crippen LogP contribution in [-0.2, 0) is 0 Å². The van der Waals surface area contributed by atoms with Crippen molar-refractivity contribution in [3.63, 3.8) is 0 Å². The van der Waals surface area contributed by atoms with Gasteiger partial charge >= 0.3 is 0 Å². The highest BCUT2D eigenvalue weighted by molar-refractivity contribution is 7.98. The molecule has 0 aliphatic carbocycles. The molecule has 1 amide bonds. The second kappa shape index (κ2) is 7.24. The first-order valence-corrected chi connectivity index (χ1v) is 8.05. The van der Waals surface area contributed by atoms with E-state index in [0.717, 1.165) is 10.5 Å². The van der Waals surface area contributed by atoms with Gasteiger partial charge in [0, 0.05) is 4.90 Å². The topological polar surface area (TPSA) is 55.1 Å². The van der Waals surface area contributed by atoms with E-state index < -0.39 is 6.04 Å². The van der Waals surface area contributed by atoms with Crippen molar-refractivity contribution in [2.75, 3.05) is 6.26 Å². The maximum atomic E-state index is 12.5. The van der Waals surface area contributed by atoms with Crippen LogP contribution in [0.1, 0.15) is 22.0 Å². The Morgan fingerprint density at radius 2 is 1.76 bits per heavy atom. The van der Waals surface area contributed by atoms with Crippen molar-refractivity contribution in [3.8, 4) is 0 Å². The van der Waals surface area contributed by atoms with Gasteiger partial charge < -0.3 is 11.1 Å².